The van der Waals surface area contributed by atoms with Crippen molar-refractivity contribution in [1.82, 2.24) is 14.5 Å². The largest absolute Gasteiger partial charge is 0.508 e. The van der Waals surface area contributed by atoms with E-state index in [9.17, 15) is 27.9 Å². The number of rotatable bonds is 9. The molecule has 0 saturated carbocycles. The highest BCUT2D eigenvalue weighted by molar-refractivity contribution is 7.89. The second-order valence-corrected chi connectivity index (χ2v) is 11.4. The number of nitrogens with zero attached hydrogens (tertiary/aromatic N) is 2. The molecular formula is C26H34N4O7S. The highest BCUT2D eigenvalue weighted by Gasteiger charge is 2.40. The average molecular weight is 547 g/mol. The van der Waals surface area contributed by atoms with E-state index in [1.165, 1.54) is 41.3 Å². The van der Waals surface area contributed by atoms with Crippen molar-refractivity contribution in [1.29, 1.82) is 0 Å². The first-order valence-corrected chi connectivity index (χ1v) is 13.7. The maximum atomic E-state index is 13.4. The van der Waals surface area contributed by atoms with Crippen LogP contribution in [0.25, 0.3) is 0 Å². The molecule has 1 heterocycles. The number of sulfonamides is 1. The molecule has 38 heavy (non-hydrogen) atoms. The maximum absolute atomic E-state index is 13.4. The Kier molecular flexibility index (Phi) is 9.34. The fraction of sp³-hybridized carbons (Fsp3) is 0.423. The molecule has 1 aliphatic heterocycles. The lowest BCUT2D eigenvalue weighted by Crippen LogP contribution is -2.52. The summed E-state index contributed by atoms with van der Waals surface area (Å²) in [5.41, 5.74) is 1.12. The Morgan fingerprint density at radius 3 is 2.29 bits per heavy atom. The monoisotopic (exact) mass is 546 g/mol. The zero-order chi connectivity index (χ0) is 28.0. The lowest BCUT2D eigenvalue weighted by molar-refractivity contribution is -0.151. The van der Waals surface area contributed by atoms with Crippen molar-refractivity contribution in [2.75, 3.05) is 26.0 Å². The normalized spacial score (nSPS) is 16.6. The second kappa shape index (κ2) is 12.3. The van der Waals surface area contributed by atoms with Crippen LogP contribution in [0.2, 0.25) is 0 Å². The summed E-state index contributed by atoms with van der Waals surface area (Å²) in [6.45, 7) is 3.54. The van der Waals surface area contributed by atoms with Crippen molar-refractivity contribution in [3.8, 4) is 5.75 Å². The minimum Gasteiger partial charge on any atom is -0.508 e. The predicted molar refractivity (Wildman–Crippen MR) is 141 cm³/mol. The molecule has 0 unspecified atom stereocenters. The summed E-state index contributed by atoms with van der Waals surface area (Å²) in [5, 5.41) is 14.9. The number of benzene rings is 2. The van der Waals surface area contributed by atoms with Gasteiger partial charge in [0.05, 0.1) is 11.0 Å². The van der Waals surface area contributed by atoms with E-state index in [0.29, 0.717) is 24.1 Å². The number of amides is 3. The van der Waals surface area contributed by atoms with Gasteiger partial charge < -0.3 is 25.4 Å². The van der Waals surface area contributed by atoms with Crippen LogP contribution in [0.3, 0.4) is 0 Å². The summed E-state index contributed by atoms with van der Waals surface area (Å²) in [4.78, 5) is 39.3. The van der Waals surface area contributed by atoms with Crippen molar-refractivity contribution < 1.29 is 32.6 Å². The van der Waals surface area contributed by atoms with E-state index in [4.69, 9.17) is 4.74 Å². The number of anilines is 1. The molecule has 3 rings (SSSR count). The van der Waals surface area contributed by atoms with Crippen LogP contribution in [0.1, 0.15) is 32.3 Å². The fourth-order valence-corrected chi connectivity index (χ4v) is 5.67. The molecule has 0 aromatic heterocycles. The van der Waals surface area contributed by atoms with E-state index in [-0.39, 0.29) is 29.6 Å². The number of hydrogen-bond acceptors (Lipinski definition) is 7. The molecule has 2 atom stereocenters. The van der Waals surface area contributed by atoms with Gasteiger partial charge in [-0.3, -0.25) is 4.79 Å². The zero-order valence-electron chi connectivity index (χ0n) is 21.9. The number of esters is 1. The molecule has 3 N–H and O–H groups in total. The maximum Gasteiger partial charge on any atom is 0.329 e. The molecule has 1 saturated heterocycles. The third kappa shape index (κ3) is 7.23. The average Bonchev–Trinajstić information content (AvgIpc) is 3.36. The molecule has 3 amide bonds. The summed E-state index contributed by atoms with van der Waals surface area (Å²) >= 11 is 0. The Morgan fingerprint density at radius 1 is 1.08 bits per heavy atom. The SMILES string of the molecule is CC(C)OC(=O)[C@H](Cc1ccc(O)cc1)NC(=O)[C@@H]1CCCN1S(=O)(=O)c1ccc(NC(=O)N(C)C)cc1. The number of ether oxygens (including phenoxy) is 1. The predicted octanol–water partition coefficient (Wildman–Crippen LogP) is 2.32. The van der Waals surface area contributed by atoms with E-state index in [1.807, 2.05) is 0 Å². The Labute approximate surface area is 222 Å². The first kappa shape index (κ1) is 28.9. The zero-order valence-corrected chi connectivity index (χ0v) is 22.7. The first-order valence-electron chi connectivity index (χ1n) is 12.3. The minimum atomic E-state index is -4.03. The first-order chi connectivity index (χ1) is 17.9. The number of nitrogens with one attached hydrogen (secondary N) is 2. The molecule has 0 radical (unpaired) electrons. The lowest BCUT2D eigenvalue weighted by Gasteiger charge is -2.26. The third-order valence-electron chi connectivity index (χ3n) is 5.95. The number of carbonyl (C=O) groups is 3. The minimum absolute atomic E-state index is 0.0140. The van der Waals surface area contributed by atoms with Crippen molar-refractivity contribution in [3.05, 3.63) is 54.1 Å². The molecule has 0 bridgehead atoms. The van der Waals surface area contributed by atoms with Crippen molar-refractivity contribution >= 4 is 33.6 Å². The van der Waals surface area contributed by atoms with Gasteiger partial charge in [-0.1, -0.05) is 12.1 Å². The van der Waals surface area contributed by atoms with Crippen LogP contribution in [-0.4, -0.2) is 79.5 Å². The van der Waals surface area contributed by atoms with E-state index in [0.717, 1.165) is 4.31 Å². The van der Waals surface area contributed by atoms with E-state index < -0.39 is 40.1 Å². The van der Waals surface area contributed by atoms with E-state index in [1.54, 1.807) is 40.1 Å². The van der Waals surface area contributed by atoms with Crippen molar-refractivity contribution in [2.45, 2.75) is 56.2 Å². The Balaban J connectivity index is 1.77. The van der Waals surface area contributed by atoms with Crippen LogP contribution in [0, 0.1) is 0 Å². The summed E-state index contributed by atoms with van der Waals surface area (Å²) < 4.78 is 33.3. The van der Waals surface area contributed by atoms with Gasteiger partial charge in [0.2, 0.25) is 15.9 Å². The number of urea groups is 1. The molecule has 2 aromatic carbocycles. The van der Waals surface area contributed by atoms with Gasteiger partial charge in [-0.2, -0.15) is 4.31 Å². The van der Waals surface area contributed by atoms with Crippen LogP contribution in [0.4, 0.5) is 10.5 Å². The molecule has 1 aliphatic rings. The smallest absolute Gasteiger partial charge is 0.329 e. The van der Waals surface area contributed by atoms with Gasteiger partial charge in [-0.05, 0) is 68.7 Å². The van der Waals surface area contributed by atoms with Crippen LogP contribution < -0.4 is 10.6 Å². The molecular weight excluding hydrogens is 512 g/mol. The quantitative estimate of drug-likeness (QED) is 0.409. The Hall–Kier alpha value is -3.64. The van der Waals surface area contributed by atoms with Gasteiger partial charge in [-0.25, -0.2) is 18.0 Å². The number of hydrogen-bond donors (Lipinski definition) is 3. The van der Waals surface area contributed by atoms with Gasteiger partial charge >= 0.3 is 12.0 Å². The fourth-order valence-electron chi connectivity index (χ4n) is 4.01. The third-order valence-corrected chi connectivity index (χ3v) is 7.88. The highest BCUT2D eigenvalue weighted by atomic mass is 32.2. The van der Waals surface area contributed by atoms with Crippen LogP contribution >= 0.6 is 0 Å². The Bertz CT molecular complexity index is 1250. The molecule has 2 aromatic rings. The summed E-state index contributed by atoms with van der Waals surface area (Å²) in [7, 11) is -0.852. The van der Waals surface area contributed by atoms with Gasteiger partial charge in [0.1, 0.15) is 17.8 Å². The topological polar surface area (TPSA) is 145 Å². The van der Waals surface area contributed by atoms with Gasteiger partial charge in [0.25, 0.3) is 0 Å². The van der Waals surface area contributed by atoms with Gasteiger partial charge in [0, 0.05) is 32.7 Å². The summed E-state index contributed by atoms with van der Waals surface area (Å²) in [6.07, 6.45) is 0.480. The van der Waals surface area contributed by atoms with E-state index in [2.05, 4.69) is 10.6 Å². The lowest BCUT2D eigenvalue weighted by atomic mass is 10.0. The van der Waals surface area contributed by atoms with Crippen LogP contribution in [0.5, 0.6) is 5.75 Å². The highest BCUT2D eigenvalue weighted by Crippen LogP contribution is 2.27. The second-order valence-electron chi connectivity index (χ2n) is 9.54. The molecule has 11 nitrogen and oxygen atoms in total. The van der Waals surface area contributed by atoms with Crippen molar-refractivity contribution in [2.24, 2.45) is 0 Å². The molecule has 206 valence electrons. The van der Waals surface area contributed by atoms with Crippen LogP contribution in [-0.2, 0) is 30.8 Å². The summed E-state index contributed by atoms with van der Waals surface area (Å²) in [6, 6.07) is 9.54. The summed E-state index contributed by atoms with van der Waals surface area (Å²) in [5.74, 6) is -1.16. The molecule has 0 aliphatic carbocycles. The van der Waals surface area contributed by atoms with Gasteiger partial charge in [0.15, 0.2) is 0 Å². The number of phenolic OH excluding ortho intramolecular Hbond substituents is 1. The molecule has 0 spiro atoms. The number of carbonyl (C=O) groups excluding carboxylic acids is 3. The Morgan fingerprint density at radius 2 is 1.71 bits per heavy atom. The van der Waals surface area contributed by atoms with Crippen LogP contribution in [0.15, 0.2) is 53.4 Å². The molecule has 12 heteroatoms. The standard InChI is InChI=1S/C26H34N4O7S/c1-17(2)37-25(33)22(16-18-7-11-20(31)12-8-18)28-24(32)23-6-5-15-30(23)38(35,36)21-13-9-19(10-14-21)27-26(34)29(3)4/h7-14,17,22-23,31H,5-6,15-16H2,1-4H3,(H,27,34)(H,28,32)/t22-,23-/m0/s1. The number of phenols is 1. The van der Waals surface area contributed by atoms with Crippen molar-refractivity contribution in [3.63, 3.8) is 0 Å². The van der Waals surface area contributed by atoms with E-state index >= 15 is 0 Å². The van der Waals surface area contributed by atoms with Gasteiger partial charge in [-0.15, -0.1) is 0 Å². The number of aromatic hydroxyl groups is 1. The molecule has 1 fully saturated rings.